The number of fused-ring (bicyclic) bond motifs is 1. The number of nitrogen functional groups attached to an aromatic ring is 1. The summed E-state index contributed by atoms with van der Waals surface area (Å²) in [6.07, 6.45) is 1.39. The molecule has 0 atom stereocenters. The summed E-state index contributed by atoms with van der Waals surface area (Å²) in [7, 11) is 0. The highest BCUT2D eigenvalue weighted by Crippen LogP contribution is 2.32. The van der Waals surface area contributed by atoms with Crippen molar-refractivity contribution >= 4 is 51.7 Å². The van der Waals surface area contributed by atoms with Crippen LogP contribution in [-0.4, -0.2) is 18.7 Å². The third-order valence-corrected chi connectivity index (χ3v) is 3.30. The summed E-state index contributed by atoms with van der Waals surface area (Å²) >= 11 is 7.30. The van der Waals surface area contributed by atoms with Gasteiger partial charge in [-0.3, -0.25) is 0 Å². The average molecular weight is 294 g/mol. The molecule has 0 saturated heterocycles. The number of rotatable bonds is 3. The molecule has 0 aliphatic carbocycles. The number of nitrogens with two attached hydrogens (primary N) is 1. The van der Waals surface area contributed by atoms with E-state index in [1.807, 2.05) is 6.07 Å². The Hall–Kier alpha value is -2.03. The van der Waals surface area contributed by atoms with Gasteiger partial charge in [0, 0.05) is 6.07 Å². The fourth-order valence-electron chi connectivity index (χ4n) is 1.58. The van der Waals surface area contributed by atoms with Crippen LogP contribution in [0.25, 0.3) is 11.0 Å². The van der Waals surface area contributed by atoms with Crippen LogP contribution >= 0.6 is 23.3 Å². The third-order valence-electron chi connectivity index (χ3n) is 2.45. The monoisotopic (exact) mass is 293 g/mol. The average Bonchev–Trinajstić information content (AvgIpc) is 2.91. The molecular formula is C10H8ClN7S. The van der Waals surface area contributed by atoms with E-state index >= 15 is 0 Å². The summed E-state index contributed by atoms with van der Waals surface area (Å²) in [5.41, 5.74) is 4.60. The second-order valence-corrected chi connectivity index (χ2v) is 4.55. The van der Waals surface area contributed by atoms with Crippen molar-refractivity contribution < 1.29 is 0 Å². The van der Waals surface area contributed by atoms with E-state index in [4.69, 9.17) is 17.4 Å². The standard InChI is InChI=1S/C10H8ClN7S/c11-5-1-2-6-10(18-19-17-6)9(5)15-7-3-8(16-12)14-4-13-7/h1-4H,12H2,(H2,13,14,15,16). The number of halogens is 1. The van der Waals surface area contributed by atoms with Gasteiger partial charge in [-0.15, -0.1) is 0 Å². The molecule has 4 N–H and O–H groups in total. The maximum atomic E-state index is 6.17. The molecule has 9 heteroatoms. The first-order chi connectivity index (χ1) is 9.28. The van der Waals surface area contributed by atoms with Gasteiger partial charge < -0.3 is 10.7 Å². The minimum Gasteiger partial charge on any atom is -0.337 e. The van der Waals surface area contributed by atoms with E-state index in [1.54, 1.807) is 12.1 Å². The Bertz CT molecular complexity index is 729. The molecule has 96 valence electrons. The lowest BCUT2D eigenvalue weighted by Crippen LogP contribution is -2.09. The Morgan fingerprint density at radius 2 is 2.00 bits per heavy atom. The van der Waals surface area contributed by atoms with Crippen molar-refractivity contribution in [3.05, 3.63) is 29.5 Å². The normalized spacial score (nSPS) is 10.6. The third kappa shape index (κ3) is 2.28. The van der Waals surface area contributed by atoms with Crippen molar-refractivity contribution in [1.29, 1.82) is 0 Å². The SMILES string of the molecule is NNc1cc(Nc2c(Cl)ccc3nsnc23)ncn1. The summed E-state index contributed by atoms with van der Waals surface area (Å²) in [6, 6.07) is 5.24. The highest BCUT2D eigenvalue weighted by atomic mass is 35.5. The molecule has 7 nitrogen and oxygen atoms in total. The van der Waals surface area contributed by atoms with Gasteiger partial charge in [0.1, 0.15) is 29.0 Å². The molecule has 0 aliphatic heterocycles. The van der Waals surface area contributed by atoms with Gasteiger partial charge in [0.05, 0.1) is 22.4 Å². The molecule has 0 saturated carbocycles. The van der Waals surface area contributed by atoms with Crippen molar-refractivity contribution in [2.45, 2.75) is 0 Å². The number of anilines is 3. The lowest BCUT2D eigenvalue weighted by molar-refractivity contribution is 1.14. The van der Waals surface area contributed by atoms with Crippen LogP contribution < -0.4 is 16.6 Å². The van der Waals surface area contributed by atoms with E-state index in [1.165, 1.54) is 6.33 Å². The van der Waals surface area contributed by atoms with E-state index < -0.39 is 0 Å². The lowest BCUT2D eigenvalue weighted by atomic mass is 10.2. The van der Waals surface area contributed by atoms with Crippen molar-refractivity contribution in [2.75, 3.05) is 10.7 Å². The highest BCUT2D eigenvalue weighted by Gasteiger charge is 2.10. The molecule has 3 rings (SSSR count). The minimum absolute atomic E-state index is 0.497. The topological polar surface area (TPSA) is 102 Å². The van der Waals surface area contributed by atoms with Gasteiger partial charge in [0.25, 0.3) is 0 Å². The minimum atomic E-state index is 0.497. The van der Waals surface area contributed by atoms with E-state index in [9.17, 15) is 0 Å². The van der Waals surface area contributed by atoms with Crippen molar-refractivity contribution in [1.82, 2.24) is 18.7 Å². The predicted molar refractivity (Wildman–Crippen MR) is 75.5 cm³/mol. The molecule has 3 aromatic rings. The molecule has 0 unspecified atom stereocenters. The van der Waals surface area contributed by atoms with Crippen LogP contribution in [0.2, 0.25) is 5.02 Å². The number of nitrogens with zero attached hydrogens (tertiary/aromatic N) is 4. The second kappa shape index (κ2) is 4.92. The first-order valence-corrected chi connectivity index (χ1v) is 6.35. The van der Waals surface area contributed by atoms with Crippen LogP contribution in [-0.2, 0) is 0 Å². The molecule has 0 aliphatic rings. The molecule has 19 heavy (non-hydrogen) atoms. The first-order valence-electron chi connectivity index (χ1n) is 5.24. The zero-order chi connectivity index (χ0) is 13.2. The van der Waals surface area contributed by atoms with Gasteiger partial charge in [0.15, 0.2) is 0 Å². The molecular weight excluding hydrogens is 286 g/mol. The van der Waals surface area contributed by atoms with Crippen molar-refractivity contribution in [2.24, 2.45) is 5.84 Å². The smallest absolute Gasteiger partial charge is 0.145 e. The summed E-state index contributed by atoms with van der Waals surface area (Å²) in [6.45, 7) is 0. The summed E-state index contributed by atoms with van der Waals surface area (Å²) in [5, 5.41) is 3.64. The zero-order valence-corrected chi connectivity index (χ0v) is 11.0. The van der Waals surface area contributed by atoms with Crippen LogP contribution in [0.3, 0.4) is 0 Å². The molecule has 0 amide bonds. The van der Waals surface area contributed by atoms with Gasteiger partial charge in [-0.1, -0.05) is 11.6 Å². The predicted octanol–water partition coefficient (Wildman–Crippen LogP) is 2.16. The van der Waals surface area contributed by atoms with Crippen LogP contribution in [0.5, 0.6) is 0 Å². The summed E-state index contributed by atoms with van der Waals surface area (Å²) < 4.78 is 8.38. The van der Waals surface area contributed by atoms with Crippen LogP contribution in [0, 0.1) is 0 Å². The number of nitrogens with one attached hydrogen (secondary N) is 2. The van der Waals surface area contributed by atoms with Crippen molar-refractivity contribution in [3.63, 3.8) is 0 Å². The molecule has 0 radical (unpaired) electrons. The zero-order valence-electron chi connectivity index (χ0n) is 9.46. The van der Waals surface area contributed by atoms with Crippen LogP contribution in [0.15, 0.2) is 24.5 Å². The summed E-state index contributed by atoms with van der Waals surface area (Å²) in [4.78, 5) is 8.02. The summed E-state index contributed by atoms with van der Waals surface area (Å²) in [5.74, 6) is 6.36. The molecule has 2 heterocycles. The first kappa shape index (κ1) is 12.0. The van der Waals surface area contributed by atoms with Crippen LogP contribution in [0.1, 0.15) is 0 Å². The largest absolute Gasteiger partial charge is 0.337 e. The van der Waals surface area contributed by atoms with E-state index in [0.717, 1.165) is 17.2 Å². The fourth-order valence-corrected chi connectivity index (χ4v) is 2.32. The number of aromatic nitrogens is 4. The number of hydrogen-bond donors (Lipinski definition) is 3. The van der Waals surface area contributed by atoms with Gasteiger partial charge in [-0.05, 0) is 12.1 Å². The van der Waals surface area contributed by atoms with Gasteiger partial charge in [-0.25, -0.2) is 15.8 Å². The van der Waals surface area contributed by atoms with Gasteiger partial charge in [-0.2, -0.15) is 8.75 Å². The van der Waals surface area contributed by atoms with E-state index in [-0.39, 0.29) is 0 Å². The lowest BCUT2D eigenvalue weighted by Gasteiger charge is -2.08. The van der Waals surface area contributed by atoms with Gasteiger partial charge >= 0.3 is 0 Å². The Morgan fingerprint density at radius 3 is 2.84 bits per heavy atom. The maximum Gasteiger partial charge on any atom is 0.145 e. The fraction of sp³-hybridized carbons (Fsp3) is 0. The number of hydrogen-bond acceptors (Lipinski definition) is 8. The molecule has 0 fully saturated rings. The Morgan fingerprint density at radius 1 is 1.16 bits per heavy atom. The van der Waals surface area contributed by atoms with E-state index in [2.05, 4.69) is 29.5 Å². The number of hydrazine groups is 1. The van der Waals surface area contributed by atoms with Crippen LogP contribution in [0.4, 0.5) is 17.3 Å². The highest BCUT2D eigenvalue weighted by molar-refractivity contribution is 7.00. The Kier molecular flexibility index (Phi) is 3.11. The maximum absolute atomic E-state index is 6.17. The number of benzene rings is 1. The molecule has 1 aromatic carbocycles. The Labute approximate surface area is 117 Å². The van der Waals surface area contributed by atoms with Gasteiger partial charge in [0.2, 0.25) is 0 Å². The van der Waals surface area contributed by atoms with Crippen molar-refractivity contribution in [3.8, 4) is 0 Å². The molecule has 0 spiro atoms. The second-order valence-electron chi connectivity index (χ2n) is 3.61. The molecule has 0 bridgehead atoms. The Balaban J connectivity index is 2.04. The quantitative estimate of drug-likeness (QED) is 0.502. The van der Waals surface area contributed by atoms with E-state index in [0.29, 0.717) is 27.9 Å². The molecule has 2 aromatic heterocycles.